The van der Waals surface area contributed by atoms with E-state index in [0.29, 0.717) is 30.2 Å². The molecule has 1 heterocycles. The van der Waals surface area contributed by atoms with Crippen LogP contribution >= 0.6 is 24.0 Å². The molecule has 2 N–H and O–H groups in total. The number of piperazine rings is 1. The zero-order valence-electron chi connectivity index (χ0n) is 15.1. The molecule has 1 aliphatic heterocycles. The molecule has 1 unspecified atom stereocenters. The number of carbonyl (C=O) groups is 2. The Kier molecular flexibility index (Phi) is 7.66. The van der Waals surface area contributed by atoms with Crippen LogP contribution < -0.4 is 10.6 Å². The van der Waals surface area contributed by atoms with Crippen molar-refractivity contribution in [2.45, 2.75) is 19.5 Å². The Morgan fingerprint density at radius 1 is 1.19 bits per heavy atom. The standard InChI is InChI=1S/C20H22ClN3O2.ClH/c1-14(25)23-12-15-6-8-16(9-7-15)20(26)24-11-10-22-13-19(24)17-4-2-3-5-18(17)21;/h2-9,19,22H,10-13H2,1H3,(H,23,25);1H. The molecule has 2 amide bonds. The van der Waals surface area contributed by atoms with E-state index in [0.717, 1.165) is 17.7 Å². The highest BCUT2D eigenvalue weighted by atomic mass is 35.5. The summed E-state index contributed by atoms with van der Waals surface area (Å²) in [5.74, 6) is -0.0870. The number of rotatable bonds is 4. The molecule has 0 spiro atoms. The largest absolute Gasteiger partial charge is 0.352 e. The van der Waals surface area contributed by atoms with Crippen LogP contribution in [0.25, 0.3) is 0 Å². The van der Waals surface area contributed by atoms with Gasteiger partial charge in [-0.15, -0.1) is 12.4 Å². The molecular weight excluding hydrogens is 385 g/mol. The minimum atomic E-state index is -0.0935. The first-order valence-electron chi connectivity index (χ1n) is 8.66. The molecule has 0 aliphatic carbocycles. The van der Waals surface area contributed by atoms with E-state index in [1.54, 1.807) is 0 Å². The molecule has 1 atom stereocenters. The Balaban J connectivity index is 0.00000261. The molecule has 7 heteroatoms. The lowest BCUT2D eigenvalue weighted by atomic mass is 10.0. The smallest absolute Gasteiger partial charge is 0.254 e. The van der Waals surface area contributed by atoms with E-state index in [1.807, 2.05) is 53.4 Å². The Morgan fingerprint density at radius 3 is 2.56 bits per heavy atom. The first kappa shape index (κ1) is 21.2. The Bertz CT molecular complexity index is 796. The van der Waals surface area contributed by atoms with Gasteiger partial charge in [-0.1, -0.05) is 41.9 Å². The van der Waals surface area contributed by atoms with Crippen LogP contribution in [0.5, 0.6) is 0 Å². The van der Waals surface area contributed by atoms with Crippen LogP contribution in [0.2, 0.25) is 5.02 Å². The molecule has 0 saturated carbocycles. The first-order chi connectivity index (χ1) is 12.6. The summed E-state index contributed by atoms with van der Waals surface area (Å²) in [5, 5.41) is 6.76. The number of nitrogens with one attached hydrogen (secondary N) is 2. The van der Waals surface area contributed by atoms with Gasteiger partial charge in [0.2, 0.25) is 5.91 Å². The SMILES string of the molecule is CC(=O)NCc1ccc(C(=O)N2CCNCC2c2ccccc2Cl)cc1.Cl. The number of halogens is 2. The Labute approximate surface area is 170 Å². The lowest BCUT2D eigenvalue weighted by molar-refractivity contribution is -0.119. The van der Waals surface area contributed by atoms with Crippen LogP contribution in [0.3, 0.4) is 0 Å². The van der Waals surface area contributed by atoms with Crippen molar-refractivity contribution in [2.75, 3.05) is 19.6 Å². The summed E-state index contributed by atoms with van der Waals surface area (Å²) in [6.45, 7) is 4.00. The van der Waals surface area contributed by atoms with E-state index in [1.165, 1.54) is 6.92 Å². The van der Waals surface area contributed by atoms with Crippen LogP contribution in [0, 0.1) is 0 Å². The second-order valence-corrected chi connectivity index (χ2v) is 6.75. The normalized spacial score (nSPS) is 16.4. The second kappa shape index (κ2) is 9.74. The monoisotopic (exact) mass is 407 g/mol. The van der Waals surface area contributed by atoms with E-state index < -0.39 is 0 Å². The number of hydrogen-bond donors (Lipinski definition) is 2. The molecule has 1 fully saturated rings. The highest BCUT2D eigenvalue weighted by Gasteiger charge is 2.29. The summed E-state index contributed by atoms with van der Waals surface area (Å²) in [4.78, 5) is 25.9. The van der Waals surface area contributed by atoms with Gasteiger partial charge < -0.3 is 15.5 Å². The second-order valence-electron chi connectivity index (χ2n) is 6.35. The average Bonchev–Trinajstić information content (AvgIpc) is 2.67. The lowest BCUT2D eigenvalue weighted by Crippen LogP contribution is -2.48. The quantitative estimate of drug-likeness (QED) is 0.817. The number of nitrogens with zero attached hydrogens (tertiary/aromatic N) is 1. The summed E-state index contributed by atoms with van der Waals surface area (Å²) in [6.07, 6.45) is 0. The fraction of sp³-hybridized carbons (Fsp3) is 0.300. The molecule has 0 radical (unpaired) electrons. The third kappa shape index (κ3) is 5.22. The Hall–Kier alpha value is -2.08. The van der Waals surface area contributed by atoms with E-state index >= 15 is 0 Å². The molecule has 3 rings (SSSR count). The molecule has 0 bridgehead atoms. The van der Waals surface area contributed by atoms with Gasteiger partial charge in [-0.25, -0.2) is 0 Å². The maximum absolute atomic E-state index is 13.1. The van der Waals surface area contributed by atoms with Crippen molar-refractivity contribution in [1.29, 1.82) is 0 Å². The number of benzene rings is 2. The van der Waals surface area contributed by atoms with Crippen LogP contribution in [0.4, 0.5) is 0 Å². The minimum absolute atomic E-state index is 0. The van der Waals surface area contributed by atoms with E-state index in [4.69, 9.17) is 11.6 Å². The van der Waals surface area contributed by atoms with Crippen molar-refractivity contribution in [1.82, 2.24) is 15.5 Å². The molecule has 1 saturated heterocycles. The third-order valence-corrected chi connectivity index (χ3v) is 4.86. The zero-order chi connectivity index (χ0) is 18.5. The van der Waals surface area contributed by atoms with Gasteiger partial charge in [-0.3, -0.25) is 9.59 Å². The summed E-state index contributed by atoms with van der Waals surface area (Å²) in [7, 11) is 0. The van der Waals surface area contributed by atoms with Crippen LogP contribution in [-0.2, 0) is 11.3 Å². The summed E-state index contributed by atoms with van der Waals surface area (Å²) in [6, 6.07) is 14.9. The van der Waals surface area contributed by atoms with Gasteiger partial charge in [-0.2, -0.15) is 0 Å². The predicted molar refractivity (Wildman–Crippen MR) is 109 cm³/mol. The third-order valence-electron chi connectivity index (χ3n) is 4.51. The van der Waals surface area contributed by atoms with Gasteiger partial charge in [0.25, 0.3) is 5.91 Å². The zero-order valence-corrected chi connectivity index (χ0v) is 16.6. The maximum Gasteiger partial charge on any atom is 0.254 e. The highest BCUT2D eigenvalue weighted by Crippen LogP contribution is 2.29. The average molecular weight is 408 g/mol. The minimum Gasteiger partial charge on any atom is -0.352 e. The summed E-state index contributed by atoms with van der Waals surface area (Å²) in [5.41, 5.74) is 2.55. The molecule has 144 valence electrons. The van der Waals surface area contributed by atoms with Gasteiger partial charge in [0, 0.05) is 43.7 Å². The van der Waals surface area contributed by atoms with Gasteiger partial charge in [-0.05, 0) is 29.3 Å². The van der Waals surface area contributed by atoms with Crippen molar-refractivity contribution < 1.29 is 9.59 Å². The van der Waals surface area contributed by atoms with Crippen molar-refractivity contribution in [2.24, 2.45) is 0 Å². The fourth-order valence-electron chi connectivity index (χ4n) is 3.13. The Morgan fingerprint density at radius 2 is 1.89 bits per heavy atom. The van der Waals surface area contributed by atoms with Crippen molar-refractivity contribution >= 4 is 35.8 Å². The number of amides is 2. The van der Waals surface area contributed by atoms with Crippen molar-refractivity contribution in [3.8, 4) is 0 Å². The van der Waals surface area contributed by atoms with Crippen LogP contribution in [0.15, 0.2) is 48.5 Å². The van der Waals surface area contributed by atoms with Crippen LogP contribution in [-0.4, -0.2) is 36.3 Å². The number of hydrogen-bond acceptors (Lipinski definition) is 3. The van der Waals surface area contributed by atoms with Gasteiger partial charge in [0.15, 0.2) is 0 Å². The van der Waals surface area contributed by atoms with E-state index in [2.05, 4.69) is 10.6 Å². The molecular formula is C20H23Cl2N3O2. The fourth-order valence-corrected chi connectivity index (χ4v) is 3.39. The number of carbonyl (C=O) groups excluding carboxylic acids is 2. The van der Waals surface area contributed by atoms with Gasteiger partial charge in [0.1, 0.15) is 0 Å². The molecule has 0 aromatic heterocycles. The first-order valence-corrected chi connectivity index (χ1v) is 9.03. The van der Waals surface area contributed by atoms with Gasteiger partial charge in [0.05, 0.1) is 6.04 Å². The predicted octanol–water partition coefficient (Wildman–Crippen LogP) is 3.18. The van der Waals surface area contributed by atoms with Crippen molar-refractivity contribution in [3.63, 3.8) is 0 Å². The topological polar surface area (TPSA) is 61.4 Å². The summed E-state index contributed by atoms with van der Waals surface area (Å²) >= 11 is 6.35. The van der Waals surface area contributed by atoms with E-state index in [-0.39, 0.29) is 30.3 Å². The molecule has 27 heavy (non-hydrogen) atoms. The van der Waals surface area contributed by atoms with Crippen LogP contribution in [0.1, 0.15) is 34.5 Å². The molecule has 2 aromatic rings. The molecule has 2 aromatic carbocycles. The molecule has 1 aliphatic rings. The van der Waals surface area contributed by atoms with Crippen molar-refractivity contribution in [3.05, 3.63) is 70.2 Å². The van der Waals surface area contributed by atoms with Gasteiger partial charge >= 0.3 is 0 Å². The highest BCUT2D eigenvalue weighted by molar-refractivity contribution is 6.31. The lowest BCUT2D eigenvalue weighted by Gasteiger charge is -2.37. The van der Waals surface area contributed by atoms with E-state index in [9.17, 15) is 9.59 Å². The summed E-state index contributed by atoms with van der Waals surface area (Å²) < 4.78 is 0. The molecule has 5 nitrogen and oxygen atoms in total. The maximum atomic E-state index is 13.1.